The van der Waals surface area contributed by atoms with Gasteiger partial charge in [0, 0.05) is 18.8 Å². The largest absolute Gasteiger partial charge is 0.497 e. The van der Waals surface area contributed by atoms with Gasteiger partial charge in [0.25, 0.3) is 0 Å². The second-order valence-corrected chi connectivity index (χ2v) is 4.55. The molecule has 1 unspecified atom stereocenters. The van der Waals surface area contributed by atoms with Crippen molar-refractivity contribution in [3.05, 3.63) is 47.7 Å². The van der Waals surface area contributed by atoms with Crippen LogP contribution in [-0.4, -0.2) is 30.9 Å². The van der Waals surface area contributed by atoms with Crippen molar-refractivity contribution < 1.29 is 14.6 Å². The highest BCUT2D eigenvalue weighted by Crippen LogP contribution is 2.26. The third kappa shape index (κ3) is 3.65. The molecule has 0 saturated carbocycles. The van der Waals surface area contributed by atoms with Crippen molar-refractivity contribution in [2.24, 2.45) is 0 Å². The van der Waals surface area contributed by atoms with Crippen LogP contribution in [0.3, 0.4) is 0 Å². The summed E-state index contributed by atoms with van der Waals surface area (Å²) in [7, 11) is 3.10. The van der Waals surface area contributed by atoms with Crippen molar-refractivity contribution >= 4 is 5.82 Å². The number of benzene rings is 1. The lowest BCUT2D eigenvalue weighted by Crippen LogP contribution is -2.14. The van der Waals surface area contributed by atoms with Gasteiger partial charge >= 0.3 is 0 Å². The third-order valence-electron chi connectivity index (χ3n) is 3.15. The van der Waals surface area contributed by atoms with Gasteiger partial charge in [0.15, 0.2) is 0 Å². The number of aliphatic hydroxyl groups is 1. The van der Waals surface area contributed by atoms with E-state index in [4.69, 9.17) is 14.7 Å². The van der Waals surface area contributed by atoms with Crippen LogP contribution in [0.25, 0.3) is 0 Å². The number of nitrogens with zero attached hydrogens (tertiary/aromatic N) is 2. The minimum Gasteiger partial charge on any atom is -0.497 e. The minimum atomic E-state index is -0.794. The molecule has 0 spiro atoms. The maximum Gasteiger partial charge on any atom is 0.143 e. The fraction of sp³-hybridized carbons (Fsp3) is 0.250. The topological polar surface area (TPSA) is 87.4 Å². The molecule has 6 nitrogen and oxygen atoms in total. The van der Waals surface area contributed by atoms with Crippen molar-refractivity contribution in [2.45, 2.75) is 6.10 Å². The quantitative estimate of drug-likeness (QED) is 0.849. The number of pyridine rings is 1. The summed E-state index contributed by atoms with van der Waals surface area (Å²) in [6, 6.07) is 10.6. The summed E-state index contributed by atoms with van der Waals surface area (Å²) >= 11 is 0. The van der Waals surface area contributed by atoms with Gasteiger partial charge in [-0.1, -0.05) is 0 Å². The van der Waals surface area contributed by atoms with Crippen molar-refractivity contribution in [1.29, 1.82) is 5.26 Å². The number of ether oxygens (including phenoxy) is 2. The average molecular weight is 299 g/mol. The van der Waals surface area contributed by atoms with Gasteiger partial charge in [0.05, 0.1) is 25.9 Å². The number of hydrogen-bond acceptors (Lipinski definition) is 6. The number of nitrogens with one attached hydrogen (secondary N) is 1. The van der Waals surface area contributed by atoms with Gasteiger partial charge in [-0.15, -0.1) is 0 Å². The number of hydrogen-bond donors (Lipinski definition) is 2. The predicted molar refractivity (Wildman–Crippen MR) is 81.9 cm³/mol. The normalized spacial score (nSPS) is 11.4. The third-order valence-corrected chi connectivity index (χ3v) is 3.15. The second kappa shape index (κ2) is 7.29. The molecule has 0 radical (unpaired) electrons. The lowest BCUT2D eigenvalue weighted by atomic mass is 10.1. The van der Waals surface area contributed by atoms with Crippen LogP contribution >= 0.6 is 0 Å². The zero-order valence-electron chi connectivity index (χ0n) is 12.4. The molecule has 2 rings (SSSR count). The first-order chi connectivity index (χ1) is 10.7. The summed E-state index contributed by atoms with van der Waals surface area (Å²) in [5.74, 6) is 1.65. The number of rotatable bonds is 6. The van der Waals surface area contributed by atoms with E-state index in [1.807, 2.05) is 6.07 Å². The Labute approximate surface area is 128 Å². The van der Waals surface area contributed by atoms with E-state index in [-0.39, 0.29) is 6.54 Å². The summed E-state index contributed by atoms with van der Waals surface area (Å²) in [5.41, 5.74) is 1.08. The summed E-state index contributed by atoms with van der Waals surface area (Å²) < 4.78 is 10.4. The molecule has 114 valence electrons. The summed E-state index contributed by atoms with van der Waals surface area (Å²) in [4.78, 5) is 4.09. The van der Waals surface area contributed by atoms with Gasteiger partial charge in [-0.25, -0.2) is 4.98 Å². The zero-order chi connectivity index (χ0) is 15.9. The van der Waals surface area contributed by atoms with E-state index in [1.165, 1.54) is 0 Å². The van der Waals surface area contributed by atoms with E-state index in [2.05, 4.69) is 10.3 Å². The molecule has 2 N–H and O–H groups in total. The Hall–Kier alpha value is -2.78. The van der Waals surface area contributed by atoms with Crippen molar-refractivity contribution in [2.75, 3.05) is 26.1 Å². The van der Waals surface area contributed by atoms with Crippen LogP contribution in [0.15, 0.2) is 36.5 Å². The number of nitriles is 1. The molecule has 0 aliphatic heterocycles. The standard InChI is InChI=1S/C16H17N3O3/c1-21-13-6-12(7-14(8-13)22-2)15(20)10-19-16-11(9-17)4-3-5-18-16/h3-8,15,20H,10H2,1-2H3,(H,18,19). The monoisotopic (exact) mass is 299 g/mol. The van der Waals surface area contributed by atoms with Gasteiger partial charge < -0.3 is 19.9 Å². The second-order valence-electron chi connectivity index (χ2n) is 4.55. The van der Waals surface area contributed by atoms with Crippen LogP contribution < -0.4 is 14.8 Å². The van der Waals surface area contributed by atoms with Gasteiger partial charge in [-0.3, -0.25) is 0 Å². The zero-order valence-corrected chi connectivity index (χ0v) is 12.4. The number of aliphatic hydroxyl groups excluding tert-OH is 1. The Morgan fingerprint density at radius 1 is 1.27 bits per heavy atom. The van der Waals surface area contributed by atoms with Crippen LogP contribution in [0, 0.1) is 11.3 Å². The molecule has 6 heteroatoms. The molecule has 0 saturated heterocycles. The molecular weight excluding hydrogens is 282 g/mol. The highest BCUT2D eigenvalue weighted by molar-refractivity contribution is 5.51. The van der Waals surface area contributed by atoms with Crippen molar-refractivity contribution in [3.63, 3.8) is 0 Å². The minimum absolute atomic E-state index is 0.210. The Morgan fingerprint density at radius 2 is 1.95 bits per heavy atom. The van der Waals surface area contributed by atoms with Gasteiger partial charge in [-0.05, 0) is 29.8 Å². The highest BCUT2D eigenvalue weighted by Gasteiger charge is 2.12. The van der Waals surface area contributed by atoms with E-state index >= 15 is 0 Å². The van der Waals surface area contributed by atoms with E-state index in [9.17, 15) is 5.11 Å². The van der Waals surface area contributed by atoms with Gasteiger partial charge in [0.1, 0.15) is 23.4 Å². The van der Waals surface area contributed by atoms with Crippen LogP contribution in [-0.2, 0) is 0 Å². The molecule has 0 bridgehead atoms. The molecule has 0 aliphatic carbocycles. The van der Waals surface area contributed by atoms with Gasteiger partial charge in [-0.2, -0.15) is 5.26 Å². The number of anilines is 1. The molecule has 1 aromatic heterocycles. The SMILES string of the molecule is COc1cc(OC)cc(C(O)CNc2ncccc2C#N)c1. The number of aromatic nitrogens is 1. The Balaban J connectivity index is 2.12. The van der Waals surface area contributed by atoms with Crippen LogP contribution in [0.2, 0.25) is 0 Å². The molecule has 0 amide bonds. The molecule has 1 atom stereocenters. The smallest absolute Gasteiger partial charge is 0.143 e. The number of methoxy groups -OCH3 is 2. The molecular formula is C16H17N3O3. The van der Waals surface area contributed by atoms with Crippen molar-refractivity contribution in [3.8, 4) is 17.6 Å². The van der Waals surface area contributed by atoms with E-state index in [1.54, 1.807) is 50.7 Å². The molecule has 1 heterocycles. The molecule has 0 aliphatic rings. The lowest BCUT2D eigenvalue weighted by Gasteiger charge is -2.15. The molecule has 1 aromatic carbocycles. The molecule has 0 fully saturated rings. The summed E-state index contributed by atoms with van der Waals surface area (Å²) in [6.45, 7) is 0.210. The maximum atomic E-state index is 10.3. The average Bonchev–Trinajstić information content (AvgIpc) is 2.59. The van der Waals surface area contributed by atoms with Crippen LogP contribution in [0.5, 0.6) is 11.5 Å². The van der Waals surface area contributed by atoms with E-state index in [0.29, 0.717) is 28.4 Å². The highest BCUT2D eigenvalue weighted by atomic mass is 16.5. The maximum absolute atomic E-state index is 10.3. The van der Waals surface area contributed by atoms with Gasteiger partial charge in [0.2, 0.25) is 0 Å². The van der Waals surface area contributed by atoms with E-state index in [0.717, 1.165) is 0 Å². The predicted octanol–water partition coefficient (Wildman–Crippen LogP) is 2.12. The fourth-order valence-electron chi connectivity index (χ4n) is 1.97. The van der Waals surface area contributed by atoms with E-state index < -0.39 is 6.10 Å². The Kier molecular flexibility index (Phi) is 5.17. The van der Waals surface area contributed by atoms with Crippen LogP contribution in [0.1, 0.15) is 17.2 Å². The first-order valence-electron chi connectivity index (χ1n) is 6.68. The molecule has 2 aromatic rings. The van der Waals surface area contributed by atoms with Crippen LogP contribution in [0.4, 0.5) is 5.82 Å². The first-order valence-corrected chi connectivity index (χ1v) is 6.68. The summed E-state index contributed by atoms with van der Waals surface area (Å²) in [6.07, 6.45) is 0.793. The van der Waals surface area contributed by atoms with Crippen molar-refractivity contribution in [1.82, 2.24) is 4.98 Å². The fourth-order valence-corrected chi connectivity index (χ4v) is 1.97. The Bertz CT molecular complexity index is 660. The lowest BCUT2D eigenvalue weighted by molar-refractivity contribution is 0.190. The summed E-state index contributed by atoms with van der Waals surface area (Å²) in [5, 5.41) is 22.3. The molecule has 22 heavy (non-hydrogen) atoms. The first kappa shape index (κ1) is 15.6. The Morgan fingerprint density at radius 3 is 2.55 bits per heavy atom.